The summed E-state index contributed by atoms with van der Waals surface area (Å²) >= 11 is 0. The molecule has 4 aromatic carbocycles. The van der Waals surface area contributed by atoms with E-state index in [2.05, 4.69) is 84.8 Å². The van der Waals surface area contributed by atoms with Crippen LogP contribution in [0.25, 0.3) is 55.4 Å². The van der Waals surface area contributed by atoms with Crippen LogP contribution < -0.4 is 0 Å². The van der Waals surface area contributed by atoms with Crippen LogP contribution in [0.2, 0.25) is 0 Å². The first-order valence-corrected chi connectivity index (χ1v) is 12.3. The summed E-state index contributed by atoms with van der Waals surface area (Å²) in [6, 6.07) is 18.9. The molecule has 0 atom stereocenters. The Morgan fingerprint density at radius 2 is 1.53 bits per heavy atom. The van der Waals surface area contributed by atoms with E-state index in [4.69, 9.17) is 0 Å². The van der Waals surface area contributed by atoms with E-state index in [1.165, 1.54) is 86.6 Å². The van der Waals surface area contributed by atoms with Gasteiger partial charge in [-0.1, -0.05) is 94.3 Å². The summed E-state index contributed by atoms with van der Waals surface area (Å²) in [5.74, 6) is 0. The number of fused-ring (bicyclic) bond motifs is 2. The van der Waals surface area contributed by atoms with Crippen LogP contribution >= 0.6 is 0 Å². The molecular weight excluding hydrogens is 386 g/mol. The van der Waals surface area contributed by atoms with E-state index < -0.39 is 0 Å². The lowest BCUT2D eigenvalue weighted by Crippen LogP contribution is -2.14. The van der Waals surface area contributed by atoms with Crippen molar-refractivity contribution in [2.24, 2.45) is 0 Å². The van der Waals surface area contributed by atoms with Crippen LogP contribution in [0, 0.1) is 0 Å². The van der Waals surface area contributed by atoms with Gasteiger partial charge in [0.2, 0.25) is 0 Å². The highest BCUT2D eigenvalue weighted by Crippen LogP contribution is 2.44. The van der Waals surface area contributed by atoms with Crippen molar-refractivity contribution in [1.29, 1.82) is 0 Å². The molecule has 1 aromatic heterocycles. The number of aromatic nitrogens is 1. The average molecular weight is 420 g/mol. The fraction of sp³-hybridized carbons (Fsp3) is 0.290. The number of nitrogens with zero attached hydrogens (tertiary/aromatic N) is 1. The van der Waals surface area contributed by atoms with Crippen LogP contribution in [-0.2, 0) is 0 Å². The fourth-order valence-electron chi connectivity index (χ4n) is 5.92. The molecule has 0 N–H and O–H groups in total. The summed E-state index contributed by atoms with van der Waals surface area (Å²) in [5.41, 5.74) is 4.00. The average Bonchev–Trinajstić information content (AvgIpc) is 3.17. The van der Waals surface area contributed by atoms with E-state index in [9.17, 15) is 0 Å². The van der Waals surface area contributed by atoms with Crippen LogP contribution in [0.5, 0.6) is 0 Å². The summed E-state index contributed by atoms with van der Waals surface area (Å²) in [6.07, 6.45) is 13.1. The van der Waals surface area contributed by atoms with Crippen molar-refractivity contribution in [1.82, 2.24) is 4.57 Å². The number of hydrogen-bond acceptors (Lipinski definition) is 0. The lowest BCUT2D eigenvalue weighted by Gasteiger charge is -2.26. The fourth-order valence-corrected chi connectivity index (χ4v) is 5.92. The molecule has 0 spiro atoms. The Hall–Kier alpha value is -3.06. The number of benzene rings is 4. The van der Waals surface area contributed by atoms with Gasteiger partial charge in [-0.2, -0.15) is 0 Å². The van der Waals surface area contributed by atoms with Crippen molar-refractivity contribution in [2.75, 3.05) is 0 Å². The highest BCUT2D eigenvalue weighted by atomic mass is 15.0. The van der Waals surface area contributed by atoms with Crippen molar-refractivity contribution in [2.45, 2.75) is 58.9 Å². The van der Waals surface area contributed by atoms with Gasteiger partial charge in [-0.3, -0.25) is 0 Å². The van der Waals surface area contributed by atoms with Crippen molar-refractivity contribution in [3.8, 4) is 0 Å². The molecule has 1 aliphatic rings. The minimum absolute atomic E-state index is 0.562. The van der Waals surface area contributed by atoms with E-state index in [1.807, 2.05) is 13.8 Å². The predicted molar refractivity (Wildman–Crippen MR) is 144 cm³/mol. The highest BCUT2D eigenvalue weighted by Gasteiger charge is 2.24. The Morgan fingerprint density at radius 3 is 2.22 bits per heavy atom. The predicted octanol–water partition coefficient (Wildman–Crippen LogP) is 9.75. The zero-order valence-corrected chi connectivity index (χ0v) is 19.6. The molecule has 1 aliphatic carbocycles. The van der Waals surface area contributed by atoms with Crippen LogP contribution in [0.3, 0.4) is 0 Å². The van der Waals surface area contributed by atoms with Gasteiger partial charge in [-0.25, -0.2) is 0 Å². The summed E-state index contributed by atoms with van der Waals surface area (Å²) in [6.45, 7) is 10.4. The number of rotatable bonds is 3. The molecule has 1 saturated carbocycles. The first kappa shape index (κ1) is 20.8. The molecule has 0 radical (unpaired) electrons. The second-order valence-electron chi connectivity index (χ2n) is 8.79. The third kappa shape index (κ3) is 2.98. The SMILES string of the molecule is C=Cc1c(/C=C\C)c2cc3ccc4cccc5ccc(c3c45)c2n1C1CCCCC1.CC. The van der Waals surface area contributed by atoms with E-state index in [1.54, 1.807) is 0 Å². The van der Waals surface area contributed by atoms with E-state index in [0.29, 0.717) is 6.04 Å². The molecule has 5 aromatic rings. The van der Waals surface area contributed by atoms with E-state index in [-0.39, 0.29) is 0 Å². The number of hydrogen-bond donors (Lipinski definition) is 0. The van der Waals surface area contributed by atoms with Crippen LogP contribution in [0.15, 0.2) is 61.2 Å². The monoisotopic (exact) mass is 419 g/mol. The Morgan fingerprint density at radius 1 is 0.844 bits per heavy atom. The normalized spacial score (nSPS) is 15.2. The lowest BCUT2D eigenvalue weighted by atomic mass is 9.91. The van der Waals surface area contributed by atoms with Gasteiger partial charge >= 0.3 is 0 Å². The van der Waals surface area contributed by atoms with Crippen molar-refractivity contribution in [3.63, 3.8) is 0 Å². The summed E-state index contributed by atoms with van der Waals surface area (Å²) < 4.78 is 2.64. The molecule has 0 bridgehead atoms. The largest absolute Gasteiger partial charge is 0.337 e. The molecule has 0 aliphatic heterocycles. The van der Waals surface area contributed by atoms with E-state index >= 15 is 0 Å². The molecule has 1 heterocycles. The molecular formula is C31H33N. The maximum atomic E-state index is 4.24. The molecule has 0 saturated heterocycles. The van der Waals surface area contributed by atoms with Crippen LogP contribution in [0.1, 0.15) is 70.2 Å². The maximum Gasteiger partial charge on any atom is 0.0574 e. The third-order valence-corrected chi connectivity index (χ3v) is 7.15. The third-order valence-electron chi connectivity index (χ3n) is 7.15. The van der Waals surface area contributed by atoms with Gasteiger partial charge in [0.25, 0.3) is 0 Å². The molecule has 6 rings (SSSR count). The molecule has 0 amide bonds. The molecule has 162 valence electrons. The van der Waals surface area contributed by atoms with Gasteiger partial charge in [0.1, 0.15) is 0 Å². The van der Waals surface area contributed by atoms with Gasteiger partial charge < -0.3 is 4.57 Å². The highest BCUT2D eigenvalue weighted by molar-refractivity contribution is 6.29. The summed E-state index contributed by atoms with van der Waals surface area (Å²) in [7, 11) is 0. The van der Waals surface area contributed by atoms with Gasteiger partial charge in [-0.05, 0) is 58.8 Å². The number of allylic oxidation sites excluding steroid dienone is 1. The molecule has 1 fully saturated rings. The van der Waals surface area contributed by atoms with Crippen molar-refractivity contribution >= 4 is 55.4 Å². The Balaban J connectivity index is 0.00000105. The first-order chi connectivity index (χ1) is 15.8. The quantitative estimate of drug-likeness (QED) is 0.256. The van der Waals surface area contributed by atoms with E-state index in [0.717, 1.165) is 0 Å². The smallest absolute Gasteiger partial charge is 0.0574 e. The lowest BCUT2D eigenvalue weighted by molar-refractivity contribution is 0.360. The topological polar surface area (TPSA) is 4.93 Å². The molecule has 1 heteroatoms. The Labute approximate surface area is 191 Å². The zero-order chi connectivity index (χ0) is 22.2. The first-order valence-electron chi connectivity index (χ1n) is 12.3. The standard InChI is InChI=1S/C29H27N.C2H6/c1-3-9-23-25-18-21-15-14-19-10-8-11-20-16-17-24(28(21)27(19)20)29(25)30(26(23)4-2)22-12-6-5-7-13-22;1-2/h3-4,8-11,14-18,22H,2,5-7,12-13H2,1H3;1-2H3/b9-3-;. The maximum absolute atomic E-state index is 4.24. The van der Waals surface area contributed by atoms with Gasteiger partial charge in [0, 0.05) is 28.1 Å². The van der Waals surface area contributed by atoms with Gasteiger partial charge in [0.05, 0.1) is 5.52 Å². The van der Waals surface area contributed by atoms with Gasteiger partial charge in [0.15, 0.2) is 0 Å². The zero-order valence-electron chi connectivity index (χ0n) is 19.6. The van der Waals surface area contributed by atoms with Gasteiger partial charge in [-0.15, -0.1) is 0 Å². The second-order valence-corrected chi connectivity index (χ2v) is 8.79. The van der Waals surface area contributed by atoms with Crippen LogP contribution in [0.4, 0.5) is 0 Å². The van der Waals surface area contributed by atoms with Crippen LogP contribution in [-0.4, -0.2) is 4.57 Å². The molecule has 1 nitrogen and oxygen atoms in total. The van der Waals surface area contributed by atoms with Crippen molar-refractivity contribution < 1.29 is 0 Å². The summed E-state index contributed by atoms with van der Waals surface area (Å²) in [4.78, 5) is 0. The Bertz CT molecular complexity index is 1420. The second kappa shape index (κ2) is 8.47. The minimum Gasteiger partial charge on any atom is -0.337 e. The minimum atomic E-state index is 0.562. The van der Waals surface area contributed by atoms with Crippen molar-refractivity contribution in [3.05, 3.63) is 72.4 Å². The summed E-state index contributed by atoms with van der Waals surface area (Å²) in [5, 5.41) is 9.56. The Kier molecular flexibility index (Phi) is 5.51. The molecule has 32 heavy (non-hydrogen) atoms. The molecule has 0 unspecified atom stereocenters.